The van der Waals surface area contributed by atoms with Gasteiger partial charge in [-0.3, -0.25) is 4.79 Å². The molecule has 23 heavy (non-hydrogen) atoms. The number of ether oxygens (including phenoxy) is 2. The molecular formula is C20H28O3. The van der Waals surface area contributed by atoms with Gasteiger partial charge in [0.2, 0.25) is 0 Å². The van der Waals surface area contributed by atoms with Crippen LogP contribution in [-0.4, -0.2) is 23.3 Å². The highest BCUT2D eigenvalue weighted by atomic mass is 16.8. The molecule has 2 fully saturated rings. The summed E-state index contributed by atoms with van der Waals surface area (Å²) in [4.78, 5) is 12.5. The first kappa shape index (κ1) is 16.7. The zero-order valence-corrected chi connectivity index (χ0v) is 14.5. The molecule has 1 spiro atoms. The van der Waals surface area contributed by atoms with Gasteiger partial charge in [-0.2, -0.15) is 0 Å². The molecule has 2 unspecified atom stereocenters. The van der Waals surface area contributed by atoms with Gasteiger partial charge in [0.1, 0.15) is 0 Å². The van der Waals surface area contributed by atoms with Gasteiger partial charge in [-0.25, -0.2) is 0 Å². The summed E-state index contributed by atoms with van der Waals surface area (Å²) in [6, 6.07) is 9.52. The number of benzene rings is 1. The first-order valence-electron chi connectivity index (χ1n) is 8.88. The van der Waals surface area contributed by atoms with Crippen LogP contribution in [0.2, 0.25) is 0 Å². The fourth-order valence-corrected chi connectivity index (χ4v) is 4.19. The van der Waals surface area contributed by atoms with Gasteiger partial charge in [-0.15, -0.1) is 0 Å². The number of Topliss-reactive ketones (excluding diaryl/α,β-unsaturated/α-hetero) is 1. The predicted octanol–water partition coefficient (Wildman–Crippen LogP) is 4.75. The number of carbonyl (C=O) groups is 1. The molecule has 3 heteroatoms. The minimum Gasteiger partial charge on any atom is -0.343 e. The highest BCUT2D eigenvalue weighted by Gasteiger charge is 2.53. The van der Waals surface area contributed by atoms with Gasteiger partial charge in [0.05, 0.1) is 11.7 Å². The monoisotopic (exact) mass is 316 g/mol. The van der Waals surface area contributed by atoms with Crippen molar-refractivity contribution in [2.24, 2.45) is 5.92 Å². The highest BCUT2D eigenvalue weighted by Crippen LogP contribution is 2.47. The predicted molar refractivity (Wildman–Crippen MR) is 90.4 cm³/mol. The summed E-state index contributed by atoms with van der Waals surface area (Å²) < 4.78 is 12.8. The average Bonchev–Trinajstić information content (AvgIpc) is 2.79. The standard InChI is InChI=1S/C20H28O3/c1-15(14-17(21)16-10-6-4-7-11-16)18-19(2,3)23-20(22-18)12-8-5-9-13-20/h4,6-7,10-11,15,18H,5,8-9,12-14H2,1-3H3. The van der Waals surface area contributed by atoms with E-state index in [-0.39, 0.29) is 23.4 Å². The lowest BCUT2D eigenvalue weighted by atomic mass is 9.86. The maximum absolute atomic E-state index is 12.5. The Kier molecular flexibility index (Phi) is 4.61. The molecule has 2 atom stereocenters. The lowest BCUT2D eigenvalue weighted by molar-refractivity contribution is -0.204. The first-order chi connectivity index (χ1) is 10.9. The molecule has 1 aromatic rings. The molecule has 0 bridgehead atoms. The van der Waals surface area contributed by atoms with E-state index in [1.165, 1.54) is 19.3 Å². The molecule has 1 aromatic carbocycles. The van der Waals surface area contributed by atoms with E-state index in [1.54, 1.807) is 0 Å². The lowest BCUT2D eigenvalue weighted by Crippen LogP contribution is -2.38. The summed E-state index contributed by atoms with van der Waals surface area (Å²) in [7, 11) is 0. The zero-order chi connectivity index (χ0) is 16.5. The van der Waals surface area contributed by atoms with Gasteiger partial charge in [0.15, 0.2) is 11.6 Å². The maximum Gasteiger partial charge on any atom is 0.169 e. The first-order valence-corrected chi connectivity index (χ1v) is 8.88. The average molecular weight is 316 g/mol. The molecule has 1 saturated carbocycles. The van der Waals surface area contributed by atoms with Crippen LogP contribution in [0.4, 0.5) is 0 Å². The third kappa shape index (κ3) is 3.51. The van der Waals surface area contributed by atoms with Gasteiger partial charge in [-0.1, -0.05) is 43.7 Å². The molecule has 3 nitrogen and oxygen atoms in total. The lowest BCUT2D eigenvalue weighted by Gasteiger charge is -2.32. The second-order valence-electron chi connectivity index (χ2n) is 7.69. The Balaban J connectivity index is 1.69. The van der Waals surface area contributed by atoms with Crippen LogP contribution in [0.25, 0.3) is 0 Å². The molecule has 3 rings (SSSR count). The number of ketones is 1. The van der Waals surface area contributed by atoms with Crippen LogP contribution in [-0.2, 0) is 9.47 Å². The van der Waals surface area contributed by atoms with Gasteiger partial charge >= 0.3 is 0 Å². The zero-order valence-electron chi connectivity index (χ0n) is 14.5. The van der Waals surface area contributed by atoms with Crippen molar-refractivity contribution in [3.63, 3.8) is 0 Å². The Hall–Kier alpha value is -1.19. The molecule has 1 saturated heterocycles. The van der Waals surface area contributed by atoms with Crippen LogP contribution in [0.1, 0.15) is 69.7 Å². The van der Waals surface area contributed by atoms with E-state index in [2.05, 4.69) is 20.8 Å². The molecule has 0 N–H and O–H groups in total. The van der Waals surface area contributed by atoms with Crippen molar-refractivity contribution >= 4 is 5.78 Å². The molecular weight excluding hydrogens is 288 g/mol. The minimum atomic E-state index is -0.406. The molecule has 1 heterocycles. The summed E-state index contributed by atoms with van der Waals surface area (Å²) >= 11 is 0. The smallest absolute Gasteiger partial charge is 0.169 e. The Labute approximate surface area is 139 Å². The van der Waals surface area contributed by atoms with Crippen LogP contribution >= 0.6 is 0 Å². The van der Waals surface area contributed by atoms with E-state index in [0.29, 0.717) is 6.42 Å². The molecule has 0 amide bonds. The Morgan fingerprint density at radius 1 is 1.17 bits per heavy atom. The molecule has 126 valence electrons. The Morgan fingerprint density at radius 2 is 1.83 bits per heavy atom. The van der Waals surface area contributed by atoms with Crippen LogP contribution in [0.3, 0.4) is 0 Å². The normalized spacial score (nSPS) is 27.0. The van der Waals surface area contributed by atoms with E-state index in [1.807, 2.05) is 30.3 Å². The van der Waals surface area contributed by atoms with E-state index < -0.39 is 5.79 Å². The molecule has 2 aliphatic rings. The number of hydrogen-bond acceptors (Lipinski definition) is 3. The van der Waals surface area contributed by atoms with Crippen molar-refractivity contribution in [2.75, 3.05) is 0 Å². The van der Waals surface area contributed by atoms with Crippen molar-refractivity contribution in [1.29, 1.82) is 0 Å². The van der Waals surface area contributed by atoms with Crippen molar-refractivity contribution in [1.82, 2.24) is 0 Å². The van der Waals surface area contributed by atoms with E-state index >= 15 is 0 Å². The maximum atomic E-state index is 12.5. The second kappa shape index (κ2) is 6.37. The Morgan fingerprint density at radius 3 is 2.48 bits per heavy atom. The molecule has 0 radical (unpaired) electrons. The third-order valence-corrected chi connectivity index (χ3v) is 5.21. The van der Waals surface area contributed by atoms with E-state index in [4.69, 9.17) is 9.47 Å². The largest absolute Gasteiger partial charge is 0.343 e. The van der Waals surface area contributed by atoms with Gasteiger partial charge in [-0.05, 0) is 32.6 Å². The summed E-state index contributed by atoms with van der Waals surface area (Å²) in [5.41, 5.74) is 0.441. The van der Waals surface area contributed by atoms with Crippen LogP contribution in [0.5, 0.6) is 0 Å². The summed E-state index contributed by atoms with van der Waals surface area (Å²) in [5.74, 6) is -0.0858. The minimum absolute atomic E-state index is 0.0340. The Bertz CT molecular complexity index is 543. The number of carbonyl (C=O) groups excluding carboxylic acids is 1. The van der Waals surface area contributed by atoms with Crippen molar-refractivity contribution < 1.29 is 14.3 Å². The van der Waals surface area contributed by atoms with Gasteiger partial charge < -0.3 is 9.47 Å². The fourth-order valence-electron chi connectivity index (χ4n) is 4.19. The summed E-state index contributed by atoms with van der Waals surface area (Å²) in [5, 5.41) is 0. The molecule has 1 aliphatic heterocycles. The van der Waals surface area contributed by atoms with Crippen LogP contribution < -0.4 is 0 Å². The molecule has 0 aromatic heterocycles. The van der Waals surface area contributed by atoms with Gasteiger partial charge in [0.25, 0.3) is 0 Å². The number of rotatable bonds is 4. The topological polar surface area (TPSA) is 35.5 Å². The second-order valence-corrected chi connectivity index (χ2v) is 7.69. The van der Waals surface area contributed by atoms with Crippen LogP contribution in [0, 0.1) is 5.92 Å². The summed E-state index contributed by atoms with van der Waals surface area (Å²) in [6.45, 7) is 6.31. The fraction of sp³-hybridized carbons (Fsp3) is 0.650. The molecule has 1 aliphatic carbocycles. The van der Waals surface area contributed by atoms with Crippen molar-refractivity contribution in [3.05, 3.63) is 35.9 Å². The van der Waals surface area contributed by atoms with Gasteiger partial charge in [0, 0.05) is 24.8 Å². The number of hydrogen-bond donors (Lipinski definition) is 0. The van der Waals surface area contributed by atoms with Crippen molar-refractivity contribution in [2.45, 2.75) is 76.8 Å². The van der Waals surface area contributed by atoms with E-state index in [9.17, 15) is 4.79 Å². The third-order valence-electron chi connectivity index (χ3n) is 5.21. The SMILES string of the molecule is CC(CC(=O)c1ccccc1)C1OC2(CCCCC2)OC1(C)C. The summed E-state index contributed by atoms with van der Waals surface area (Å²) in [6.07, 6.45) is 6.02. The van der Waals surface area contributed by atoms with Crippen LogP contribution in [0.15, 0.2) is 30.3 Å². The highest BCUT2D eigenvalue weighted by molar-refractivity contribution is 5.96. The quantitative estimate of drug-likeness (QED) is 0.752. The van der Waals surface area contributed by atoms with Crippen molar-refractivity contribution in [3.8, 4) is 0 Å². The van der Waals surface area contributed by atoms with E-state index in [0.717, 1.165) is 18.4 Å².